The molecule has 1 aromatic carbocycles. The molecule has 0 spiro atoms. The van der Waals surface area contributed by atoms with Crippen molar-refractivity contribution in [1.29, 1.82) is 0 Å². The van der Waals surface area contributed by atoms with Crippen LogP contribution in [-0.4, -0.2) is 16.1 Å². The summed E-state index contributed by atoms with van der Waals surface area (Å²) in [6.07, 6.45) is 1.23. The molecule has 0 amide bonds. The fourth-order valence-electron chi connectivity index (χ4n) is 1.30. The van der Waals surface area contributed by atoms with Crippen LogP contribution in [0.3, 0.4) is 0 Å². The number of pyridine rings is 1. The van der Waals surface area contributed by atoms with Crippen LogP contribution in [0.5, 0.6) is 0 Å². The van der Waals surface area contributed by atoms with Crippen LogP contribution < -0.4 is 0 Å². The third kappa shape index (κ3) is 2.92. The van der Waals surface area contributed by atoms with E-state index in [9.17, 15) is 9.18 Å². The maximum Gasteiger partial charge on any atom is 0.337 e. The Morgan fingerprint density at radius 1 is 1.22 bits per heavy atom. The lowest BCUT2D eigenvalue weighted by Gasteiger charge is -1.93. The minimum Gasteiger partial charge on any atom is -0.478 e. The molecule has 2 rings (SSSR count). The van der Waals surface area contributed by atoms with Crippen molar-refractivity contribution < 1.29 is 14.3 Å². The molecule has 0 radical (unpaired) electrons. The van der Waals surface area contributed by atoms with Crippen molar-refractivity contribution in [3.05, 3.63) is 65.2 Å². The summed E-state index contributed by atoms with van der Waals surface area (Å²) in [5.74, 6) is 4.10. The summed E-state index contributed by atoms with van der Waals surface area (Å²) in [7, 11) is 0. The molecule has 2 aromatic rings. The Hall–Kier alpha value is -2.67. The largest absolute Gasteiger partial charge is 0.478 e. The lowest BCUT2D eigenvalue weighted by atomic mass is 10.2. The number of hydrogen-bond donors (Lipinski definition) is 1. The summed E-state index contributed by atoms with van der Waals surface area (Å²) in [6.45, 7) is 0. The van der Waals surface area contributed by atoms with E-state index in [1.54, 1.807) is 12.1 Å². The van der Waals surface area contributed by atoms with Crippen LogP contribution >= 0.6 is 0 Å². The van der Waals surface area contributed by atoms with E-state index in [-0.39, 0.29) is 11.4 Å². The topological polar surface area (TPSA) is 50.2 Å². The van der Waals surface area contributed by atoms with Crippen LogP contribution in [0.2, 0.25) is 0 Å². The van der Waals surface area contributed by atoms with Gasteiger partial charge in [-0.1, -0.05) is 12.0 Å². The minimum absolute atomic E-state index is 0.103. The third-order valence-electron chi connectivity index (χ3n) is 2.17. The number of nitrogens with zero attached hydrogens (tertiary/aromatic N) is 1. The van der Waals surface area contributed by atoms with E-state index < -0.39 is 5.97 Å². The van der Waals surface area contributed by atoms with Crippen LogP contribution in [0.4, 0.5) is 4.39 Å². The van der Waals surface area contributed by atoms with E-state index in [1.807, 2.05) is 0 Å². The lowest BCUT2D eigenvalue weighted by Crippen LogP contribution is -1.97. The molecule has 3 nitrogen and oxygen atoms in total. The first-order valence-corrected chi connectivity index (χ1v) is 5.12. The Morgan fingerprint density at radius 3 is 2.67 bits per heavy atom. The van der Waals surface area contributed by atoms with Gasteiger partial charge in [-0.25, -0.2) is 14.2 Å². The van der Waals surface area contributed by atoms with Crippen molar-refractivity contribution in [3.8, 4) is 11.8 Å². The monoisotopic (exact) mass is 241 g/mol. The molecule has 18 heavy (non-hydrogen) atoms. The van der Waals surface area contributed by atoms with Gasteiger partial charge in [-0.3, -0.25) is 0 Å². The highest BCUT2D eigenvalue weighted by molar-refractivity contribution is 5.87. The van der Waals surface area contributed by atoms with Crippen molar-refractivity contribution in [3.63, 3.8) is 0 Å². The Morgan fingerprint density at radius 2 is 2.06 bits per heavy atom. The smallest absolute Gasteiger partial charge is 0.337 e. The maximum absolute atomic E-state index is 12.9. The lowest BCUT2D eigenvalue weighted by molar-refractivity contribution is 0.0696. The van der Waals surface area contributed by atoms with Crippen LogP contribution in [0.15, 0.2) is 42.6 Å². The predicted molar refractivity (Wildman–Crippen MR) is 63.6 cm³/mol. The molecule has 0 unspecified atom stereocenters. The first-order chi connectivity index (χ1) is 8.65. The Labute approximate surface area is 103 Å². The number of carboxylic acids is 1. The number of aromatic nitrogens is 1. The highest BCUT2D eigenvalue weighted by Gasteiger charge is 2.01. The number of rotatable bonds is 1. The maximum atomic E-state index is 12.9. The third-order valence-corrected chi connectivity index (χ3v) is 2.17. The van der Waals surface area contributed by atoms with Crippen LogP contribution in [0.1, 0.15) is 21.6 Å². The number of halogens is 1. The van der Waals surface area contributed by atoms with Gasteiger partial charge in [-0.05, 0) is 36.3 Å². The zero-order chi connectivity index (χ0) is 13.0. The van der Waals surface area contributed by atoms with Crippen LogP contribution in [0, 0.1) is 17.7 Å². The number of hydrogen-bond acceptors (Lipinski definition) is 2. The van der Waals surface area contributed by atoms with Crippen LogP contribution in [0.25, 0.3) is 0 Å². The molecule has 0 saturated heterocycles. The molecular weight excluding hydrogens is 233 g/mol. The predicted octanol–water partition coefficient (Wildman–Crippen LogP) is 2.32. The summed E-state index contributed by atoms with van der Waals surface area (Å²) >= 11 is 0. The first-order valence-electron chi connectivity index (χ1n) is 5.12. The van der Waals surface area contributed by atoms with Gasteiger partial charge in [0.2, 0.25) is 0 Å². The summed E-state index contributed by atoms with van der Waals surface area (Å²) in [5.41, 5.74) is 1.08. The molecule has 0 fully saturated rings. The molecule has 0 bridgehead atoms. The summed E-state index contributed by atoms with van der Waals surface area (Å²) < 4.78 is 12.9. The molecule has 1 heterocycles. The zero-order valence-corrected chi connectivity index (χ0v) is 9.22. The van der Waals surface area contributed by atoms with E-state index in [4.69, 9.17) is 5.11 Å². The average molecular weight is 241 g/mol. The number of carboxylic acid groups (broad SMARTS) is 1. The molecule has 0 atom stereocenters. The van der Waals surface area contributed by atoms with Crippen molar-refractivity contribution in [2.75, 3.05) is 0 Å². The van der Waals surface area contributed by atoms with E-state index in [0.29, 0.717) is 11.3 Å². The molecule has 0 aliphatic carbocycles. The molecule has 1 N–H and O–H groups in total. The number of carbonyl (C=O) groups is 1. The Balaban J connectivity index is 2.22. The fraction of sp³-hybridized carbons (Fsp3) is 0. The van der Waals surface area contributed by atoms with E-state index in [1.165, 1.54) is 30.5 Å². The van der Waals surface area contributed by atoms with Gasteiger partial charge in [0, 0.05) is 11.8 Å². The standard InChI is InChI=1S/C14H8FNO2/c15-12-3-1-2-10(8-12)4-6-13-7-5-11(9-16-13)14(17)18/h1-3,5,7-9H,(H,17,18). The van der Waals surface area contributed by atoms with Crippen molar-refractivity contribution in [1.82, 2.24) is 4.98 Å². The second kappa shape index (κ2) is 5.11. The second-order valence-corrected chi connectivity index (χ2v) is 3.50. The van der Waals surface area contributed by atoms with E-state index >= 15 is 0 Å². The Kier molecular flexibility index (Phi) is 3.35. The highest BCUT2D eigenvalue weighted by atomic mass is 19.1. The van der Waals surface area contributed by atoms with E-state index in [0.717, 1.165) is 0 Å². The molecule has 4 heteroatoms. The molecule has 0 aliphatic rings. The van der Waals surface area contributed by atoms with E-state index in [2.05, 4.69) is 16.8 Å². The zero-order valence-electron chi connectivity index (χ0n) is 9.22. The summed E-state index contributed by atoms with van der Waals surface area (Å²) in [6, 6.07) is 8.84. The van der Waals surface area contributed by atoms with Crippen LogP contribution in [-0.2, 0) is 0 Å². The highest BCUT2D eigenvalue weighted by Crippen LogP contribution is 2.03. The summed E-state index contributed by atoms with van der Waals surface area (Å²) in [5, 5.41) is 8.70. The van der Waals surface area contributed by atoms with Crippen molar-refractivity contribution >= 4 is 5.97 Å². The van der Waals surface area contributed by atoms with Crippen molar-refractivity contribution in [2.45, 2.75) is 0 Å². The minimum atomic E-state index is -1.04. The molecule has 0 aliphatic heterocycles. The van der Waals surface area contributed by atoms with Gasteiger partial charge in [-0.2, -0.15) is 0 Å². The van der Waals surface area contributed by atoms with Crippen molar-refractivity contribution in [2.24, 2.45) is 0 Å². The normalized spacial score (nSPS) is 9.39. The number of aromatic carboxylic acids is 1. The Bertz CT molecular complexity index is 639. The molecular formula is C14H8FNO2. The fourth-order valence-corrected chi connectivity index (χ4v) is 1.30. The van der Waals surface area contributed by atoms with Gasteiger partial charge < -0.3 is 5.11 Å². The van der Waals surface area contributed by atoms with Gasteiger partial charge >= 0.3 is 5.97 Å². The first kappa shape index (κ1) is 11.8. The SMILES string of the molecule is O=C(O)c1ccc(C#Cc2cccc(F)c2)nc1. The second-order valence-electron chi connectivity index (χ2n) is 3.50. The van der Waals surface area contributed by atoms with Gasteiger partial charge in [0.05, 0.1) is 5.56 Å². The number of benzene rings is 1. The summed E-state index contributed by atoms with van der Waals surface area (Å²) in [4.78, 5) is 14.5. The van der Waals surface area contributed by atoms with Gasteiger partial charge in [0.15, 0.2) is 0 Å². The molecule has 1 aromatic heterocycles. The molecule has 0 saturated carbocycles. The van der Waals surface area contributed by atoms with Gasteiger partial charge in [-0.15, -0.1) is 0 Å². The quantitative estimate of drug-likeness (QED) is 0.779. The van der Waals surface area contributed by atoms with Gasteiger partial charge in [0.25, 0.3) is 0 Å². The average Bonchev–Trinajstić information content (AvgIpc) is 2.37. The van der Waals surface area contributed by atoms with Gasteiger partial charge in [0.1, 0.15) is 11.5 Å². The molecule has 88 valence electrons.